The number of ether oxygens (including phenoxy) is 2. The molecule has 1 N–H and O–H groups in total. The number of sulfone groups is 1. The van der Waals surface area contributed by atoms with Gasteiger partial charge >= 0.3 is 0 Å². The highest BCUT2D eigenvalue weighted by Crippen LogP contribution is 2.26. The van der Waals surface area contributed by atoms with E-state index >= 15 is 0 Å². The zero-order valence-electron chi connectivity index (χ0n) is 12.8. The lowest BCUT2D eigenvalue weighted by Gasteiger charge is -2.15. The predicted octanol–water partition coefficient (Wildman–Crippen LogP) is 2.70. The van der Waals surface area contributed by atoms with Crippen molar-refractivity contribution in [2.24, 2.45) is 0 Å². The van der Waals surface area contributed by atoms with Crippen molar-refractivity contribution >= 4 is 21.4 Å². The molecule has 24 heavy (non-hydrogen) atoms. The Morgan fingerprint density at radius 1 is 1.21 bits per heavy atom. The molecule has 0 saturated heterocycles. The lowest BCUT2D eigenvalue weighted by Crippen LogP contribution is -2.27. The van der Waals surface area contributed by atoms with Crippen LogP contribution in [0.5, 0.6) is 11.5 Å². The van der Waals surface area contributed by atoms with Gasteiger partial charge in [0.05, 0.1) is 17.9 Å². The fourth-order valence-corrected chi connectivity index (χ4v) is 3.79. The van der Waals surface area contributed by atoms with E-state index in [-0.39, 0.29) is 28.0 Å². The predicted molar refractivity (Wildman–Crippen MR) is 88.0 cm³/mol. The Hall–Kier alpha value is -1.83. The Bertz CT molecular complexity index is 810. The molecule has 2 aromatic rings. The summed E-state index contributed by atoms with van der Waals surface area (Å²) in [5, 5.41) is 9.99. The fourth-order valence-electron chi connectivity index (χ4n) is 2.05. The first-order chi connectivity index (χ1) is 11.3. The molecular weight excluding hydrogens is 359 g/mol. The molecule has 0 aromatic heterocycles. The SMILES string of the molecule is COc1ccccc1S(=O)(=O)C[C@@H](O)COc1ccc(F)cc1Cl. The molecule has 0 heterocycles. The first-order valence-corrected chi connectivity index (χ1v) is 8.98. The molecule has 130 valence electrons. The highest BCUT2D eigenvalue weighted by molar-refractivity contribution is 7.91. The Morgan fingerprint density at radius 2 is 1.92 bits per heavy atom. The van der Waals surface area contributed by atoms with Crippen molar-refractivity contribution in [1.29, 1.82) is 0 Å². The minimum Gasteiger partial charge on any atom is -0.495 e. The van der Waals surface area contributed by atoms with Crippen LogP contribution in [0.25, 0.3) is 0 Å². The topological polar surface area (TPSA) is 72.8 Å². The summed E-state index contributed by atoms with van der Waals surface area (Å²) >= 11 is 5.80. The van der Waals surface area contributed by atoms with Gasteiger partial charge in [-0.25, -0.2) is 12.8 Å². The molecule has 0 aliphatic rings. The number of hydrogen-bond donors (Lipinski definition) is 1. The third-order valence-corrected chi connectivity index (χ3v) is 5.27. The van der Waals surface area contributed by atoms with Crippen molar-refractivity contribution in [3.63, 3.8) is 0 Å². The lowest BCUT2D eigenvalue weighted by molar-refractivity contribution is 0.125. The number of benzene rings is 2. The van der Waals surface area contributed by atoms with Gasteiger partial charge in [0.1, 0.15) is 34.9 Å². The number of methoxy groups -OCH3 is 1. The molecule has 1 atom stereocenters. The third-order valence-electron chi connectivity index (χ3n) is 3.14. The van der Waals surface area contributed by atoms with Crippen LogP contribution in [0.3, 0.4) is 0 Å². The maximum atomic E-state index is 12.9. The highest BCUT2D eigenvalue weighted by Gasteiger charge is 2.23. The smallest absolute Gasteiger partial charge is 0.184 e. The molecule has 0 spiro atoms. The van der Waals surface area contributed by atoms with Gasteiger partial charge in [-0.1, -0.05) is 23.7 Å². The summed E-state index contributed by atoms with van der Waals surface area (Å²) in [5.41, 5.74) is 0. The summed E-state index contributed by atoms with van der Waals surface area (Å²) in [5.74, 6) is -0.711. The van der Waals surface area contributed by atoms with Crippen LogP contribution in [0.15, 0.2) is 47.4 Å². The molecule has 5 nitrogen and oxygen atoms in total. The van der Waals surface area contributed by atoms with E-state index in [0.717, 1.165) is 12.1 Å². The average molecular weight is 375 g/mol. The van der Waals surface area contributed by atoms with Crippen LogP contribution >= 0.6 is 11.6 Å². The third kappa shape index (κ3) is 4.59. The van der Waals surface area contributed by atoms with Gasteiger partial charge in [0.25, 0.3) is 0 Å². The Labute approximate surface area is 144 Å². The van der Waals surface area contributed by atoms with Crippen molar-refractivity contribution in [3.8, 4) is 11.5 Å². The molecule has 0 fully saturated rings. The molecule has 0 aliphatic carbocycles. The molecule has 0 unspecified atom stereocenters. The van der Waals surface area contributed by atoms with Gasteiger partial charge in [-0.15, -0.1) is 0 Å². The second-order valence-corrected chi connectivity index (χ2v) is 7.38. The molecule has 0 saturated carbocycles. The number of halogens is 2. The highest BCUT2D eigenvalue weighted by atomic mass is 35.5. The van der Waals surface area contributed by atoms with Crippen LogP contribution in [0, 0.1) is 5.82 Å². The number of hydrogen-bond acceptors (Lipinski definition) is 5. The molecule has 8 heteroatoms. The van der Waals surface area contributed by atoms with E-state index in [1.807, 2.05) is 0 Å². The average Bonchev–Trinajstić information content (AvgIpc) is 2.53. The normalized spacial score (nSPS) is 12.7. The minimum absolute atomic E-state index is 0.00800. The summed E-state index contributed by atoms with van der Waals surface area (Å²) in [4.78, 5) is -0.00800. The first kappa shape index (κ1) is 18.5. The van der Waals surface area contributed by atoms with Crippen LogP contribution in [0.2, 0.25) is 5.02 Å². The summed E-state index contributed by atoms with van der Waals surface area (Å²) in [6.45, 7) is -0.306. The van der Waals surface area contributed by atoms with Crippen LogP contribution < -0.4 is 9.47 Å². The Kier molecular flexibility index (Phi) is 6.04. The van der Waals surface area contributed by atoms with Crippen molar-refractivity contribution in [2.45, 2.75) is 11.0 Å². The molecule has 2 aromatic carbocycles. The van der Waals surface area contributed by atoms with Crippen LogP contribution in [0.1, 0.15) is 0 Å². The first-order valence-electron chi connectivity index (χ1n) is 6.95. The number of aliphatic hydroxyl groups excluding tert-OH is 1. The fraction of sp³-hybridized carbons (Fsp3) is 0.250. The van der Waals surface area contributed by atoms with E-state index in [1.165, 1.54) is 25.3 Å². The van der Waals surface area contributed by atoms with Crippen molar-refractivity contribution in [3.05, 3.63) is 53.3 Å². The molecular formula is C16H16ClFO5S. The summed E-state index contributed by atoms with van der Waals surface area (Å²) in [6, 6.07) is 9.66. The van der Waals surface area contributed by atoms with Gasteiger partial charge in [0, 0.05) is 0 Å². The van der Waals surface area contributed by atoms with E-state index in [4.69, 9.17) is 21.1 Å². The number of rotatable bonds is 7. The van der Waals surface area contributed by atoms with Crippen LogP contribution in [0.4, 0.5) is 4.39 Å². The molecule has 0 radical (unpaired) electrons. The standard InChI is InChI=1S/C16H16ClFO5S/c1-22-15-4-2-3-5-16(15)24(20,21)10-12(19)9-23-14-7-6-11(18)8-13(14)17/h2-8,12,19H,9-10H2,1H3/t12-/m0/s1. The van der Waals surface area contributed by atoms with E-state index < -0.39 is 27.5 Å². The lowest BCUT2D eigenvalue weighted by atomic mass is 10.3. The summed E-state index contributed by atoms with van der Waals surface area (Å²) < 4.78 is 48.0. The van der Waals surface area contributed by atoms with E-state index in [1.54, 1.807) is 12.1 Å². The Morgan fingerprint density at radius 3 is 2.58 bits per heavy atom. The van der Waals surface area contributed by atoms with Crippen LogP contribution in [-0.2, 0) is 9.84 Å². The van der Waals surface area contributed by atoms with E-state index in [2.05, 4.69) is 0 Å². The van der Waals surface area contributed by atoms with Crippen molar-refractivity contribution < 1.29 is 27.4 Å². The number of aliphatic hydroxyl groups is 1. The molecule has 0 amide bonds. The van der Waals surface area contributed by atoms with Gasteiger partial charge in [0.2, 0.25) is 0 Å². The van der Waals surface area contributed by atoms with Gasteiger partial charge in [-0.2, -0.15) is 0 Å². The maximum Gasteiger partial charge on any atom is 0.184 e. The summed E-state index contributed by atoms with van der Waals surface area (Å²) in [6.07, 6.45) is -1.29. The minimum atomic E-state index is -3.77. The molecule has 0 aliphatic heterocycles. The molecule has 0 bridgehead atoms. The van der Waals surface area contributed by atoms with Gasteiger partial charge in [-0.05, 0) is 30.3 Å². The zero-order valence-corrected chi connectivity index (χ0v) is 14.3. The van der Waals surface area contributed by atoms with Crippen LogP contribution in [-0.4, -0.2) is 39.1 Å². The van der Waals surface area contributed by atoms with E-state index in [9.17, 15) is 17.9 Å². The second kappa shape index (κ2) is 7.83. The van der Waals surface area contributed by atoms with Gasteiger partial charge < -0.3 is 14.6 Å². The summed E-state index contributed by atoms with van der Waals surface area (Å²) in [7, 11) is -2.41. The number of para-hydroxylation sites is 1. The molecule has 2 rings (SSSR count). The monoisotopic (exact) mass is 374 g/mol. The van der Waals surface area contributed by atoms with Crippen molar-refractivity contribution in [2.75, 3.05) is 19.5 Å². The largest absolute Gasteiger partial charge is 0.495 e. The van der Waals surface area contributed by atoms with Gasteiger partial charge in [-0.3, -0.25) is 0 Å². The van der Waals surface area contributed by atoms with E-state index in [0.29, 0.717) is 0 Å². The van der Waals surface area contributed by atoms with Gasteiger partial charge in [0.15, 0.2) is 9.84 Å². The maximum absolute atomic E-state index is 12.9. The second-order valence-electron chi connectivity index (χ2n) is 4.97. The quantitative estimate of drug-likeness (QED) is 0.806. The van der Waals surface area contributed by atoms with Crippen molar-refractivity contribution in [1.82, 2.24) is 0 Å². The Balaban J connectivity index is 2.04. The zero-order chi connectivity index (χ0) is 17.7.